The number of hydrogen-bond acceptors (Lipinski definition) is 4. The summed E-state index contributed by atoms with van der Waals surface area (Å²) < 4.78 is 0. The second kappa shape index (κ2) is 6.24. The molecule has 0 fully saturated rings. The Kier molecular flexibility index (Phi) is 4.62. The number of benzene rings is 1. The van der Waals surface area contributed by atoms with E-state index in [0.717, 1.165) is 11.4 Å². The smallest absolute Gasteiger partial charge is 0.251 e. The van der Waals surface area contributed by atoms with Crippen LogP contribution in [0.15, 0.2) is 51.4 Å². The van der Waals surface area contributed by atoms with Crippen LogP contribution in [0.2, 0.25) is 0 Å². The van der Waals surface area contributed by atoms with E-state index in [-0.39, 0.29) is 11.1 Å². The third-order valence-corrected chi connectivity index (χ3v) is 3.66. The van der Waals surface area contributed by atoms with Gasteiger partial charge in [-0.05, 0) is 32.4 Å². The lowest BCUT2D eigenvalue weighted by atomic mass is 10.1. The van der Waals surface area contributed by atoms with Gasteiger partial charge in [0.25, 0.3) is 5.56 Å². The number of nitrogens with one attached hydrogen (secondary N) is 2. The van der Waals surface area contributed by atoms with E-state index in [1.54, 1.807) is 0 Å². The first-order valence-electron chi connectivity index (χ1n) is 6.50. The van der Waals surface area contributed by atoms with Crippen molar-refractivity contribution < 1.29 is 0 Å². The van der Waals surface area contributed by atoms with Gasteiger partial charge in [0.2, 0.25) is 0 Å². The van der Waals surface area contributed by atoms with Crippen LogP contribution in [0.1, 0.15) is 26.3 Å². The van der Waals surface area contributed by atoms with Crippen LogP contribution in [0.5, 0.6) is 0 Å². The molecule has 106 valence electrons. The molecule has 0 aliphatic carbocycles. The zero-order valence-electron chi connectivity index (χ0n) is 11.9. The van der Waals surface area contributed by atoms with Crippen molar-refractivity contribution in [3.63, 3.8) is 0 Å². The molecule has 0 atom stereocenters. The van der Waals surface area contributed by atoms with E-state index in [2.05, 4.69) is 42.1 Å². The third-order valence-electron chi connectivity index (χ3n) is 2.64. The van der Waals surface area contributed by atoms with Gasteiger partial charge in [-0.2, -0.15) is 0 Å². The summed E-state index contributed by atoms with van der Waals surface area (Å²) >= 11 is 1.47. The maximum absolute atomic E-state index is 11.3. The maximum atomic E-state index is 11.3. The van der Waals surface area contributed by atoms with Crippen molar-refractivity contribution in [1.29, 1.82) is 0 Å². The van der Waals surface area contributed by atoms with E-state index in [0.29, 0.717) is 5.16 Å². The Morgan fingerprint density at radius 3 is 2.70 bits per heavy atom. The van der Waals surface area contributed by atoms with Crippen LogP contribution in [0.3, 0.4) is 0 Å². The molecule has 0 amide bonds. The molecule has 0 spiro atoms. The highest BCUT2D eigenvalue weighted by Gasteiger charge is 2.11. The fraction of sp³-hybridized carbons (Fsp3) is 0.333. The summed E-state index contributed by atoms with van der Waals surface area (Å²) in [6, 6.07) is 9.55. The molecule has 0 unspecified atom stereocenters. The molecule has 0 aliphatic rings. The molecule has 5 heteroatoms. The van der Waals surface area contributed by atoms with Crippen LogP contribution in [0.4, 0.5) is 0 Å². The van der Waals surface area contributed by atoms with Crippen LogP contribution in [-0.4, -0.2) is 15.5 Å². The van der Waals surface area contributed by atoms with Crippen molar-refractivity contribution in [2.75, 3.05) is 0 Å². The molecular formula is C15H19N3OS. The van der Waals surface area contributed by atoms with Gasteiger partial charge in [0, 0.05) is 29.2 Å². The molecule has 1 aromatic heterocycles. The highest BCUT2D eigenvalue weighted by atomic mass is 32.2. The molecule has 0 saturated carbocycles. The summed E-state index contributed by atoms with van der Waals surface area (Å²) in [6.45, 7) is 7.20. The summed E-state index contributed by atoms with van der Waals surface area (Å²) in [5.74, 6) is 0. The van der Waals surface area contributed by atoms with Gasteiger partial charge in [-0.25, -0.2) is 4.98 Å². The van der Waals surface area contributed by atoms with Crippen molar-refractivity contribution in [3.8, 4) is 0 Å². The van der Waals surface area contributed by atoms with Crippen LogP contribution >= 0.6 is 11.8 Å². The summed E-state index contributed by atoms with van der Waals surface area (Å²) in [4.78, 5) is 19.3. The van der Waals surface area contributed by atoms with Gasteiger partial charge in [0.1, 0.15) is 0 Å². The fourth-order valence-electron chi connectivity index (χ4n) is 1.62. The molecule has 0 bridgehead atoms. The highest BCUT2D eigenvalue weighted by molar-refractivity contribution is 7.99. The van der Waals surface area contributed by atoms with E-state index < -0.39 is 0 Å². The molecule has 1 aromatic carbocycles. The molecule has 0 aliphatic heterocycles. The Labute approximate surface area is 123 Å². The van der Waals surface area contributed by atoms with Crippen LogP contribution < -0.4 is 10.9 Å². The first-order chi connectivity index (χ1) is 9.44. The van der Waals surface area contributed by atoms with Crippen LogP contribution in [-0.2, 0) is 6.54 Å². The van der Waals surface area contributed by atoms with Gasteiger partial charge in [-0.3, -0.25) is 4.79 Å². The van der Waals surface area contributed by atoms with E-state index in [1.165, 1.54) is 29.6 Å². The second-order valence-corrected chi connectivity index (χ2v) is 6.58. The van der Waals surface area contributed by atoms with E-state index >= 15 is 0 Å². The SMILES string of the molecule is CC(C)(C)NCc1ccccc1Sc1nccc(=O)[nH]1. The predicted molar refractivity (Wildman–Crippen MR) is 82.0 cm³/mol. The molecule has 0 saturated heterocycles. The van der Waals surface area contributed by atoms with Crippen molar-refractivity contribution in [1.82, 2.24) is 15.3 Å². The number of hydrogen-bond donors (Lipinski definition) is 2. The van der Waals surface area contributed by atoms with Gasteiger partial charge < -0.3 is 10.3 Å². The summed E-state index contributed by atoms with van der Waals surface area (Å²) in [7, 11) is 0. The Morgan fingerprint density at radius 1 is 1.25 bits per heavy atom. The second-order valence-electron chi connectivity index (χ2n) is 5.55. The number of H-pyrrole nitrogens is 1. The Balaban J connectivity index is 2.17. The molecule has 2 rings (SSSR count). The topological polar surface area (TPSA) is 57.8 Å². The van der Waals surface area contributed by atoms with Crippen molar-refractivity contribution in [2.24, 2.45) is 0 Å². The van der Waals surface area contributed by atoms with Crippen LogP contribution in [0.25, 0.3) is 0 Å². The molecule has 20 heavy (non-hydrogen) atoms. The van der Waals surface area contributed by atoms with E-state index in [9.17, 15) is 4.79 Å². The number of aromatic amines is 1. The van der Waals surface area contributed by atoms with Gasteiger partial charge >= 0.3 is 0 Å². The normalized spacial score (nSPS) is 11.6. The monoisotopic (exact) mass is 289 g/mol. The maximum Gasteiger partial charge on any atom is 0.251 e. The van der Waals surface area contributed by atoms with Crippen molar-refractivity contribution in [3.05, 3.63) is 52.4 Å². The lowest BCUT2D eigenvalue weighted by molar-refractivity contribution is 0.422. The Bertz CT molecular complexity index is 631. The van der Waals surface area contributed by atoms with Gasteiger partial charge in [-0.15, -0.1) is 0 Å². The number of aromatic nitrogens is 2. The number of nitrogens with zero attached hydrogens (tertiary/aromatic N) is 1. The molecular weight excluding hydrogens is 270 g/mol. The zero-order chi connectivity index (χ0) is 14.6. The standard InChI is InChI=1S/C15H19N3OS/c1-15(2,3)17-10-11-6-4-5-7-12(11)20-14-16-9-8-13(19)18-14/h4-9,17H,10H2,1-3H3,(H,16,18,19). The summed E-state index contributed by atoms with van der Waals surface area (Å²) in [6.07, 6.45) is 1.52. The van der Waals surface area contributed by atoms with Crippen LogP contribution in [0, 0.1) is 0 Å². The van der Waals surface area contributed by atoms with Gasteiger partial charge in [0.15, 0.2) is 5.16 Å². The minimum atomic E-state index is -0.132. The average Bonchev–Trinajstić information content (AvgIpc) is 2.37. The molecule has 2 N–H and O–H groups in total. The first kappa shape index (κ1) is 14.8. The lowest BCUT2D eigenvalue weighted by Crippen LogP contribution is -2.35. The lowest BCUT2D eigenvalue weighted by Gasteiger charge is -2.21. The minimum Gasteiger partial charge on any atom is -0.308 e. The van der Waals surface area contributed by atoms with E-state index in [4.69, 9.17) is 0 Å². The predicted octanol–water partition coefficient (Wildman–Crippen LogP) is 2.81. The third kappa shape index (κ3) is 4.51. The molecule has 2 aromatic rings. The van der Waals surface area contributed by atoms with Gasteiger partial charge in [0.05, 0.1) is 0 Å². The summed E-state index contributed by atoms with van der Waals surface area (Å²) in [5.41, 5.74) is 1.13. The van der Waals surface area contributed by atoms with E-state index in [1.807, 2.05) is 18.2 Å². The minimum absolute atomic E-state index is 0.0666. The first-order valence-corrected chi connectivity index (χ1v) is 7.32. The fourth-order valence-corrected chi connectivity index (χ4v) is 2.51. The summed E-state index contributed by atoms with van der Waals surface area (Å²) in [5, 5.41) is 4.08. The number of rotatable bonds is 4. The van der Waals surface area contributed by atoms with Crippen molar-refractivity contribution in [2.45, 2.75) is 42.9 Å². The van der Waals surface area contributed by atoms with Crippen molar-refractivity contribution >= 4 is 11.8 Å². The molecule has 4 nitrogen and oxygen atoms in total. The molecule has 0 radical (unpaired) electrons. The molecule has 1 heterocycles. The Morgan fingerprint density at radius 2 is 2.00 bits per heavy atom. The average molecular weight is 289 g/mol. The zero-order valence-corrected chi connectivity index (χ0v) is 12.8. The highest BCUT2D eigenvalue weighted by Crippen LogP contribution is 2.27. The Hall–Kier alpha value is -1.59. The largest absolute Gasteiger partial charge is 0.308 e. The van der Waals surface area contributed by atoms with Gasteiger partial charge in [-0.1, -0.05) is 30.0 Å². The quantitative estimate of drug-likeness (QED) is 0.850.